The first-order chi connectivity index (χ1) is 8.96. The zero-order valence-electron chi connectivity index (χ0n) is 11.3. The van der Waals surface area contributed by atoms with Crippen LogP contribution in [0.4, 0.5) is 0 Å². The van der Waals surface area contributed by atoms with E-state index in [2.05, 4.69) is 0 Å². The number of hydrogen-bond acceptors (Lipinski definition) is 3. The Balaban J connectivity index is 3.06. The van der Waals surface area contributed by atoms with Gasteiger partial charge in [0.05, 0.1) is 0 Å². The summed E-state index contributed by atoms with van der Waals surface area (Å²) in [5.74, 6) is -1.69. The zero-order valence-corrected chi connectivity index (χ0v) is 11.3. The Morgan fingerprint density at radius 1 is 1.42 bits per heavy atom. The van der Waals surface area contributed by atoms with E-state index < -0.39 is 17.4 Å². The molecule has 0 radical (unpaired) electrons. The largest absolute Gasteiger partial charge is 0.477 e. The summed E-state index contributed by atoms with van der Waals surface area (Å²) in [7, 11) is 0. The number of Topliss-reactive ketones (excluding diaryl/α,β-unsaturated/α-hetero) is 1. The number of carboxylic acid groups (broad SMARTS) is 1. The van der Waals surface area contributed by atoms with Crippen molar-refractivity contribution in [2.24, 2.45) is 0 Å². The highest BCUT2D eigenvalue weighted by Crippen LogP contribution is 2.32. The van der Waals surface area contributed by atoms with Crippen LogP contribution in [0.15, 0.2) is 47.8 Å². The number of aliphatic carboxylic acids is 1. The number of carbonyl (C=O) groups is 2. The maximum Gasteiger partial charge on any atom is 0.343 e. The van der Waals surface area contributed by atoms with Gasteiger partial charge in [-0.25, -0.2) is 4.79 Å². The molecule has 0 saturated heterocycles. The van der Waals surface area contributed by atoms with Gasteiger partial charge in [0, 0.05) is 0 Å². The molecule has 0 aliphatic carbocycles. The van der Waals surface area contributed by atoms with E-state index in [0.717, 1.165) is 6.42 Å². The lowest BCUT2D eigenvalue weighted by Gasteiger charge is -2.18. The molecule has 102 valence electrons. The van der Waals surface area contributed by atoms with E-state index in [0.29, 0.717) is 0 Å². The first-order valence-corrected chi connectivity index (χ1v) is 6.14. The minimum absolute atomic E-state index is 0.103. The third kappa shape index (κ3) is 3.22. The summed E-state index contributed by atoms with van der Waals surface area (Å²) in [6.07, 6.45) is 11.0. The van der Waals surface area contributed by atoms with Crippen molar-refractivity contribution in [3.63, 3.8) is 0 Å². The highest BCUT2D eigenvalue weighted by Gasteiger charge is 2.45. The van der Waals surface area contributed by atoms with E-state index in [9.17, 15) is 9.59 Å². The molecule has 1 heterocycles. The summed E-state index contributed by atoms with van der Waals surface area (Å²) >= 11 is 0. The van der Waals surface area contributed by atoms with Gasteiger partial charge in [-0.1, -0.05) is 31.2 Å². The van der Waals surface area contributed by atoms with E-state index in [1.54, 1.807) is 38.2 Å². The van der Waals surface area contributed by atoms with Crippen LogP contribution in [-0.2, 0) is 14.3 Å². The molecule has 19 heavy (non-hydrogen) atoms. The molecule has 4 nitrogen and oxygen atoms in total. The van der Waals surface area contributed by atoms with Crippen molar-refractivity contribution in [3.05, 3.63) is 47.8 Å². The molecule has 0 unspecified atom stereocenters. The van der Waals surface area contributed by atoms with Crippen LogP contribution in [0.25, 0.3) is 0 Å². The molecule has 1 aliphatic heterocycles. The first-order valence-electron chi connectivity index (χ1n) is 6.14. The molecule has 0 fully saturated rings. The summed E-state index contributed by atoms with van der Waals surface area (Å²) in [6.45, 7) is 5.29. The van der Waals surface area contributed by atoms with Crippen molar-refractivity contribution < 1.29 is 19.4 Å². The lowest BCUT2D eigenvalue weighted by Crippen LogP contribution is -2.32. The topological polar surface area (TPSA) is 63.6 Å². The number of carbonyl (C=O) groups excluding carboxylic acids is 1. The van der Waals surface area contributed by atoms with Crippen molar-refractivity contribution in [2.75, 3.05) is 0 Å². The number of hydrogen-bond donors (Lipinski definition) is 1. The Labute approximate surface area is 112 Å². The second-order valence-corrected chi connectivity index (χ2v) is 4.28. The van der Waals surface area contributed by atoms with Gasteiger partial charge >= 0.3 is 5.97 Å². The first kappa shape index (κ1) is 15.0. The van der Waals surface area contributed by atoms with Crippen LogP contribution in [-0.4, -0.2) is 22.5 Å². The molecule has 0 aromatic heterocycles. The van der Waals surface area contributed by atoms with Crippen molar-refractivity contribution in [1.82, 2.24) is 0 Å². The Morgan fingerprint density at radius 3 is 2.63 bits per heavy atom. The van der Waals surface area contributed by atoms with Gasteiger partial charge in [0.25, 0.3) is 0 Å². The average Bonchev–Trinajstić information content (AvgIpc) is 2.58. The number of allylic oxidation sites excluding steroid dienone is 5. The van der Waals surface area contributed by atoms with Crippen LogP contribution >= 0.6 is 0 Å². The van der Waals surface area contributed by atoms with Gasteiger partial charge in [-0.2, -0.15) is 0 Å². The highest BCUT2D eigenvalue weighted by molar-refractivity contribution is 6.22. The molecule has 4 heteroatoms. The fraction of sp³-hybridized carbons (Fsp3) is 0.333. The molecule has 0 aromatic rings. The number of carboxylic acids is 1. The minimum atomic E-state index is -1.26. The van der Waals surface area contributed by atoms with Crippen LogP contribution in [0.3, 0.4) is 0 Å². The zero-order chi connectivity index (χ0) is 14.5. The molecule has 1 aliphatic rings. The minimum Gasteiger partial charge on any atom is -0.477 e. The molecular formula is C15H18O4. The Morgan fingerprint density at radius 2 is 2.11 bits per heavy atom. The quantitative estimate of drug-likeness (QED) is 0.611. The predicted molar refractivity (Wildman–Crippen MR) is 72.5 cm³/mol. The molecule has 0 saturated carbocycles. The molecule has 1 atom stereocenters. The number of rotatable bonds is 5. The molecule has 0 aromatic carbocycles. The molecular weight excluding hydrogens is 244 g/mol. The van der Waals surface area contributed by atoms with Crippen LogP contribution in [0, 0.1) is 0 Å². The smallest absolute Gasteiger partial charge is 0.343 e. The van der Waals surface area contributed by atoms with Gasteiger partial charge in [-0.3, -0.25) is 4.79 Å². The molecule has 0 amide bonds. The standard InChI is InChI=1S/C15H18O4/c1-4-6-7-8-10-15(3)13(16)12(14(17)18)11(19-15)9-5-2/h5-10H,4H2,1-3H3,(H,17,18)/b7-6+,9-5+,10-8+/t15-/m1/s1. The molecule has 0 spiro atoms. The normalized spacial score (nSPS) is 24.1. The summed E-state index contributed by atoms with van der Waals surface area (Å²) in [5, 5.41) is 9.09. The van der Waals surface area contributed by atoms with Crippen molar-refractivity contribution in [1.29, 1.82) is 0 Å². The second-order valence-electron chi connectivity index (χ2n) is 4.28. The number of ketones is 1. The van der Waals surface area contributed by atoms with Crippen molar-refractivity contribution in [2.45, 2.75) is 32.8 Å². The Kier molecular flexibility index (Phi) is 4.87. The van der Waals surface area contributed by atoms with Gasteiger partial charge in [-0.05, 0) is 32.4 Å². The lowest BCUT2D eigenvalue weighted by molar-refractivity contribution is -0.135. The fourth-order valence-corrected chi connectivity index (χ4v) is 1.72. The van der Waals surface area contributed by atoms with Crippen molar-refractivity contribution >= 4 is 11.8 Å². The maximum absolute atomic E-state index is 12.1. The van der Waals surface area contributed by atoms with Gasteiger partial charge < -0.3 is 9.84 Å². The summed E-state index contributed by atoms with van der Waals surface area (Å²) < 4.78 is 5.50. The summed E-state index contributed by atoms with van der Waals surface area (Å²) in [6, 6.07) is 0. The van der Waals surface area contributed by atoms with Gasteiger partial charge in [0.1, 0.15) is 11.3 Å². The van der Waals surface area contributed by atoms with Gasteiger partial charge in [0.15, 0.2) is 5.60 Å². The highest BCUT2D eigenvalue weighted by atomic mass is 16.5. The number of ether oxygens (including phenoxy) is 1. The van der Waals surface area contributed by atoms with E-state index in [-0.39, 0.29) is 11.3 Å². The van der Waals surface area contributed by atoms with Crippen LogP contribution in [0.2, 0.25) is 0 Å². The van der Waals surface area contributed by atoms with Crippen LogP contribution in [0.1, 0.15) is 27.2 Å². The summed E-state index contributed by atoms with van der Waals surface area (Å²) in [5.41, 5.74) is -1.55. The van der Waals surface area contributed by atoms with Gasteiger partial charge in [0.2, 0.25) is 5.78 Å². The van der Waals surface area contributed by atoms with E-state index >= 15 is 0 Å². The lowest BCUT2D eigenvalue weighted by atomic mass is 9.96. The van der Waals surface area contributed by atoms with E-state index in [1.807, 2.05) is 13.0 Å². The van der Waals surface area contributed by atoms with E-state index in [1.165, 1.54) is 6.08 Å². The maximum atomic E-state index is 12.1. The van der Waals surface area contributed by atoms with Crippen molar-refractivity contribution in [3.8, 4) is 0 Å². The molecule has 1 N–H and O–H groups in total. The monoisotopic (exact) mass is 262 g/mol. The molecule has 1 rings (SSSR count). The predicted octanol–water partition coefficient (Wildman–Crippen LogP) is 2.78. The van der Waals surface area contributed by atoms with Crippen LogP contribution < -0.4 is 0 Å². The third-order valence-corrected chi connectivity index (χ3v) is 2.68. The summed E-state index contributed by atoms with van der Waals surface area (Å²) in [4.78, 5) is 23.3. The SMILES string of the molecule is C/C=C/C1=C(C(=O)O)C(=O)[C@@](C)(/C=C/C=C/CC)O1. The Hall–Kier alpha value is -2.10. The van der Waals surface area contributed by atoms with E-state index in [4.69, 9.17) is 9.84 Å². The van der Waals surface area contributed by atoms with Crippen LogP contribution in [0.5, 0.6) is 0 Å². The molecule has 0 bridgehead atoms. The third-order valence-electron chi connectivity index (χ3n) is 2.68. The fourth-order valence-electron chi connectivity index (χ4n) is 1.72. The Bertz CT molecular complexity index is 494. The van der Waals surface area contributed by atoms with Gasteiger partial charge in [-0.15, -0.1) is 0 Å². The second kappa shape index (κ2) is 6.18. The average molecular weight is 262 g/mol.